The van der Waals surface area contributed by atoms with E-state index in [1.165, 1.54) is 6.07 Å². The van der Waals surface area contributed by atoms with Gasteiger partial charge in [-0.25, -0.2) is 9.18 Å². The van der Waals surface area contributed by atoms with Crippen LogP contribution in [0.2, 0.25) is 0 Å². The molecule has 7 nitrogen and oxygen atoms in total. The van der Waals surface area contributed by atoms with E-state index in [1.54, 1.807) is 47.4 Å². The lowest BCUT2D eigenvalue weighted by Gasteiger charge is -2.36. The van der Waals surface area contributed by atoms with E-state index in [2.05, 4.69) is 5.32 Å². The fourth-order valence-electron chi connectivity index (χ4n) is 3.68. The van der Waals surface area contributed by atoms with Crippen molar-refractivity contribution in [3.8, 4) is 0 Å². The van der Waals surface area contributed by atoms with Crippen LogP contribution >= 0.6 is 0 Å². The third-order valence-corrected chi connectivity index (χ3v) is 5.27. The molecule has 2 aromatic rings. The second kappa shape index (κ2) is 7.90. The number of imide groups is 1. The monoisotopic (exact) mass is 396 g/mol. The molecule has 2 aliphatic rings. The van der Waals surface area contributed by atoms with Gasteiger partial charge in [0.25, 0.3) is 5.91 Å². The lowest BCUT2D eigenvalue weighted by atomic mass is 10.0. The van der Waals surface area contributed by atoms with Gasteiger partial charge in [0, 0.05) is 31.7 Å². The standard InChI is InChI=1S/C21H21FN4O3/c22-17-7-3-4-8-18(17)24-9-11-25(12-10-24)20(28)16-6-2-1-5-15(16)14-26-19(27)13-23-21(26)29/h1-8H,9-14H2,(H,23,29). The maximum Gasteiger partial charge on any atom is 0.324 e. The number of rotatable bonds is 4. The fourth-order valence-corrected chi connectivity index (χ4v) is 3.68. The number of carbonyl (C=O) groups excluding carboxylic acids is 3. The maximum absolute atomic E-state index is 14.0. The van der Waals surface area contributed by atoms with Gasteiger partial charge in [0.2, 0.25) is 5.91 Å². The molecule has 0 saturated carbocycles. The molecule has 2 aromatic carbocycles. The van der Waals surface area contributed by atoms with E-state index < -0.39 is 6.03 Å². The summed E-state index contributed by atoms with van der Waals surface area (Å²) in [7, 11) is 0. The van der Waals surface area contributed by atoms with Crippen LogP contribution in [0.1, 0.15) is 15.9 Å². The predicted molar refractivity (Wildman–Crippen MR) is 105 cm³/mol. The molecular formula is C21H21FN4O3. The van der Waals surface area contributed by atoms with E-state index >= 15 is 0 Å². The molecule has 2 fully saturated rings. The minimum atomic E-state index is -0.448. The zero-order valence-electron chi connectivity index (χ0n) is 15.8. The highest BCUT2D eigenvalue weighted by Crippen LogP contribution is 2.22. The van der Waals surface area contributed by atoms with E-state index in [0.717, 1.165) is 4.90 Å². The quantitative estimate of drug-likeness (QED) is 0.801. The van der Waals surface area contributed by atoms with Gasteiger partial charge < -0.3 is 15.1 Å². The highest BCUT2D eigenvalue weighted by molar-refractivity contribution is 6.02. The number of amides is 4. The van der Waals surface area contributed by atoms with Gasteiger partial charge >= 0.3 is 6.03 Å². The second-order valence-electron chi connectivity index (χ2n) is 7.03. The Hall–Kier alpha value is -3.42. The number of anilines is 1. The number of nitrogens with one attached hydrogen (secondary N) is 1. The van der Waals surface area contributed by atoms with Crippen molar-refractivity contribution < 1.29 is 18.8 Å². The molecule has 1 N–H and O–H groups in total. The molecule has 0 atom stereocenters. The van der Waals surface area contributed by atoms with Crippen LogP contribution in [0.3, 0.4) is 0 Å². The average Bonchev–Trinajstić information content (AvgIpc) is 3.06. The van der Waals surface area contributed by atoms with Crippen molar-refractivity contribution >= 4 is 23.5 Å². The number of piperazine rings is 1. The summed E-state index contributed by atoms with van der Waals surface area (Å²) in [6.07, 6.45) is 0. The van der Waals surface area contributed by atoms with Gasteiger partial charge in [-0.15, -0.1) is 0 Å². The summed E-state index contributed by atoms with van der Waals surface area (Å²) < 4.78 is 14.0. The molecule has 0 aliphatic carbocycles. The molecule has 0 radical (unpaired) electrons. The third-order valence-electron chi connectivity index (χ3n) is 5.27. The Labute approximate surface area is 167 Å². The van der Waals surface area contributed by atoms with E-state index in [4.69, 9.17) is 0 Å². The first kappa shape index (κ1) is 18.9. The van der Waals surface area contributed by atoms with Crippen molar-refractivity contribution in [3.05, 3.63) is 65.5 Å². The Kier molecular flexibility index (Phi) is 5.16. The summed E-state index contributed by atoms with van der Waals surface area (Å²) >= 11 is 0. The van der Waals surface area contributed by atoms with E-state index in [-0.39, 0.29) is 30.7 Å². The van der Waals surface area contributed by atoms with Gasteiger partial charge in [0.05, 0.1) is 18.8 Å². The highest BCUT2D eigenvalue weighted by atomic mass is 19.1. The van der Waals surface area contributed by atoms with Crippen LogP contribution in [0.5, 0.6) is 0 Å². The Morgan fingerprint density at radius 2 is 1.66 bits per heavy atom. The summed E-state index contributed by atoms with van der Waals surface area (Å²) in [5, 5.41) is 2.48. The van der Waals surface area contributed by atoms with Crippen LogP contribution in [-0.2, 0) is 11.3 Å². The molecule has 0 spiro atoms. The van der Waals surface area contributed by atoms with Gasteiger partial charge in [-0.1, -0.05) is 30.3 Å². The Balaban J connectivity index is 1.46. The summed E-state index contributed by atoms with van der Waals surface area (Å²) in [5.41, 5.74) is 1.64. The number of hydrogen-bond donors (Lipinski definition) is 1. The molecule has 2 heterocycles. The lowest BCUT2D eigenvalue weighted by molar-refractivity contribution is -0.125. The SMILES string of the molecule is O=C(c1ccccc1CN1C(=O)CNC1=O)N1CCN(c2ccccc2F)CC1. The van der Waals surface area contributed by atoms with Crippen LogP contribution < -0.4 is 10.2 Å². The Morgan fingerprint density at radius 1 is 0.966 bits per heavy atom. The molecule has 150 valence electrons. The molecule has 29 heavy (non-hydrogen) atoms. The van der Waals surface area contributed by atoms with Crippen molar-refractivity contribution in [1.29, 1.82) is 0 Å². The van der Waals surface area contributed by atoms with Crippen LogP contribution in [0.4, 0.5) is 14.9 Å². The second-order valence-corrected chi connectivity index (χ2v) is 7.03. The normalized spacial score (nSPS) is 16.9. The largest absolute Gasteiger partial charge is 0.366 e. The number of hydrogen-bond acceptors (Lipinski definition) is 4. The first-order valence-electron chi connectivity index (χ1n) is 9.49. The van der Waals surface area contributed by atoms with Crippen LogP contribution in [0.25, 0.3) is 0 Å². The smallest absolute Gasteiger partial charge is 0.324 e. The predicted octanol–water partition coefficient (Wildman–Crippen LogP) is 1.84. The maximum atomic E-state index is 14.0. The summed E-state index contributed by atoms with van der Waals surface area (Å²) in [5.74, 6) is -0.734. The van der Waals surface area contributed by atoms with Crippen molar-refractivity contribution in [3.63, 3.8) is 0 Å². The van der Waals surface area contributed by atoms with Gasteiger partial charge in [-0.2, -0.15) is 0 Å². The van der Waals surface area contributed by atoms with Crippen molar-refractivity contribution in [1.82, 2.24) is 15.1 Å². The van der Waals surface area contributed by atoms with Gasteiger partial charge in [-0.3, -0.25) is 14.5 Å². The van der Waals surface area contributed by atoms with Crippen LogP contribution in [0, 0.1) is 5.82 Å². The number of halogens is 1. The molecule has 8 heteroatoms. The van der Waals surface area contributed by atoms with Crippen LogP contribution in [-0.4, -0.2) is 60.4 Å². The van der Waals surface area contributed by atoms with Crippen molar-refractivity contribution in [2.24, 2.45) is 0 Å². The van der Waals surface area contributed by atoms with Crippen molar-refractivity contribution in [2.75, 3.05) is 37.6 Å². The summed E-state index contributed by atoms with van der Waals surface area (Å²) in [6, 6.07) is 13.2. The number of para-hydroxylation sites is 1. The minimum absolute atomic E-state index is 0.0209. The number of benzene rings is 2. The van der Waals surface area contributed by atoms with Gasteiger partial charge in [-0.05, 0) is 23.8 Å². The zero-order valence-corrected chi connectivity index (χ0v) is 15.8. The fraction of sp³-hybridized carbons (Fsp3) is 0.286. The van der Waals surface area contributed by atoms with Gasteiger partial charge in [0.1, 0.15) is 5.82 Å². The highest BCUT2D eigenvalue weighted by Gasteiger charge is 2.30. The number of carbonyl (C=O) groups is 3. The number of nitrogens with zero attached hydrogens (tertiary/aromatic N) is 3. The zero-order chi connectivity index (χ0) is 20.4. The van der Waals surface area contributed by atoms with E-state index in [9.17, 15) is 18.8 Å². The molecular weight excluding hydrogens is 375 g/mol. The van der Waals surface area contributed by atoms with Gasteiger partial charge in [0.15, 0.2) is 0 Å². The Morgan fingerprint density at radius 3 is 2.34 bits per heavy atom. The van der Waals surface area contributed by atoms with E-state index in [1.807, 2.05) is 4.90 Å². The molecule has 0 aromatic heterocycles. The molecule has 4 amide bonds. The van der Waals surface area contributed by atoms with E-state index in [0.29, 0.717) is 43.0 Å². The van der Waals surface area contributed by atoms with Crippen molar-refractivity contribution in [2.45, 2.75) is 6.54 Å². The summed E-state index contributed by atoms with van der Waals surface area (Å²) in [4.78, 5) is 41.6. The van der Waals surface area contributed by atoms with Crippen LogP contribution in [0.15, 0.2) is 48.5 Å². The first-order valence-corrected chi connectivity index (χ1v) is 9.49. The first-order chi connectivity index (χ1) is 14.0. The Bertz CT molecular complexity index is 940. The molecule has 0 unspecified atom stereocenters. The molecule has 2 aliphatic heterocycles. The number of urea groups is 1. The molecule has 4 rings (SSSR count). The summed E-state index contributed by atoms with van der Waals surface area (Å²) in [6.45, 7) is 2.02. The average molecular weight is 396 g/mol. The lowest BCUT2D eigenvalue weighted by Crippen LogP contribution is -2.49. The minimum Gasteiger partial charge on any atom is -0.366 e. The topological polar surface area (TPSA) is 73.0 Å². The third kappa shape index (κ3) is 3.78. The molecule has 2 saturated heterocycles. The molecule has 0 bridgehead atoms.